The van der Waals surface area contributed by atoms with Gasteiger partial charge in [-0.05, 0) is 167 Å². The van der Waals surface area contributed by atoms with Crippen LogP contribution in [0.3, 0.4) is 0 Å². The zero-order valence-electron chi connectivity index (χ0n) is 84.8. The van der Waals surface area contributed by atoms with Gasteiger partial charge in [-0.25, -0.2) is 9.59 Å². The van der Waals surface area contributed by atoms with Crippen molar-refractivity contribution in [2.24, 2.45) is 46.4 Å². The molecule has 0 aromatic heterocycles. The van der Waals surface area contributed by atoms with E-state index >= 15 is 33.6 Å². The molecule has 1 heterocycles. The average molecular weight is 2080 g/mol. The number of nitrogens with two attached hydrogens (primary N) is 5. The highest BCUT2D eigenvalue weighted by molar-refractivity contribution is 8.00. The lowest BCUT2D eigenvalue weighted by atomic mass is 9.84. The molecule has 806 valence electrons. The first-order valence-corrected chi connectivity index (χ1v) is 50.9. The van der Waals surface area contributed by atoms with E-state index in [1.165, 1.54) is 62.5 Å². The highest BCUT2D eigenvalue weighted by atomic mass is 32.2. The first kappa shape index (κ1) is 121. The van der Waals surface area contributed by atoms with E-state index < -0.39 is 265 Å². The van der Waals surface area contributed by atoms with Gasteiger partial charge in [-0.3, -0.25) is 81.5 Å². The molecule has 1 saturated carbocycles. The number of carboxylic acid groups (broad SMARTS) is 3. The fourth-order valence-corrected chi connectivity index (χ4v) is 17.9. The van der Waals surface area contributed by atoms with Gasteiger partial charge in [0, 0.05) is 45.0 Å². The number of primary amides is 2. The van der Waals surface area contributed by atoms with E-state index in [1.54, 1.807) is 90.1 Å². The van der Waals surface area contributed by atoms with Gasteiger partial charge in [-0.1, -0.05) is 182 Å². The van der Waals surface area contributed by atoms with Crippen molar-refractivity contribution in [3.05, 3.63) is 161 Å². The Morgan fingerprint density at radius 1 is 0.527 bits per heavy atom. The molecule has 45 heteroatoms. The number of nitrogens with zero attached hydrogens (tertiary/aromatic N) is 1. The van der Waals surface area contributed by atoms with Crippen LogP contribution in [0.5, 0.6) is 5.75 Å². The molecule has 44 nitrogen and oxygen atoms in total. The number of hydrogen-bond donors (Lipinski definition) is 22. The number of likely N-dealkylation sites (N-methyl/N-ethyl adjacent to an activating group) is 1. The Morgan fingerprint density at radius 3 is 1.58 bits per heavy atom. The predicted octanol–water partition coefficient (Wildman–Crippen LogP) is -0.348. The SMILES string of the molecule is CCC[C@@H]1NC(=O)CSC[C@@H](C(=O)N[C@@H](CCN)C(N)=O)NC(=O)[C@H](CCCN)NC(=O)[C@H](C(C)C)NC(=O)[C@H](CC2CCCCC2)NC(=O)[C@H](CCN)NC(=O)[C@@H](CC(C)C)NC(=O)[C@H](C)N(C)C(=O)[C@H](CCC(N)=O)NC(=O)[C@H](Cc2ccc(-c3ccccc3)cc2)NC(=O)[C@H](Cc2ccc(C(=O)O)cc2)NC(=O)[C@H](Cc2cccc(C)c2)NC[C@@](C=O)(CC(=O)O)NC(=O)[C@H](Cc2ccc(OCC(=O)O)cc2)NC1=O. The number of benzene rings is 5. The van der Waals surface area contributed by atoms with Gasteiger partial charge in [0.15, 0.2) is 6.61 Å². The fraction of sp³-hybridized carbons (Fsp3) is 0.515. The molecule has 2 aliphatic rings. The van der Waals surface area contributed by atoms with Crippen molar-refractivity contribution in [2.75, 3.05) is 51.3 Å². The standard InChI is InChI=1S/C103H144N20O24S/c1-9-18-72-90(133)119-81(50-65-30-36-70(37-31-65)147-53-86(129)130)99(142)122-103(57-124,52-85(127)128)56-109-76(51-66-22-16-19-60(6)46-66)93(136)117-79(49-64-28-34-69(35-29-64)102(145)146)96(139)118-78(48-63-26-32-68(33-27-63)67-23-14-11-15-24-67)95(138)114-75(38-39-83(107)125)101(144)123(8)61(7)89(132)115-77(45-58(2)3)94(137)112-74(41-44-106)92(135)116-80(47-62-20-12-10-13-21-62)97(140)121-87(59(4)5)100(143)113-73(25-17-42-104)91(134)120-82(54-148-55-84(126)110-72)98(141)111-71(40-43-105)88(108)131/h11,14-16,19,22-24,26-37,46,57-59,61-62,71-82,87,109H,9-10,12-13,17-18,20-21,25,38-45,47-56,104-106H2,1-8H3,(H2,107,125)(H2,108,131)(H,110,126)(H,111,141)(H,112,137)(H,113,143)(H,114,138)(H,115,132)(H,116,135)(H,117,136)(H,118,139)(H,119,133)(H,120,134)(H,121,140)(H,122,142)(H,127,128)(H,129,130)(H,145,146)/t61-,71-,72-,73-,74-,75-,76-,77+,78-,79-,80-,81-,82-,87-,103+/m0/s1. The number of aliphatic carboxylic acids is 2. The molecule has 1 saturated heterocycles. The van der Waals surface area contributed by atoms with Crippen molar-refractivity contribution >= 4 is 130 Å². The van der Waals surface area contributed by atoms with Gasteiger partial charge in [-0.15, -0.1) is 11.8 Å². The molecular formula is C103H144N20O24S. The van der Waals surface area contributed by atoms with Gasteiger partial charge >= 0.3 is 17.9 Å². The second-order valence-electron chi connectivity index (χ2n) is 38.2. The Balaban J connectivity index is 1.39. The van der Waals surface area contributed by atoms with Crippen LogP contribution in [0.2, 0.25) is 0 Å². The first-order valence-electron chi connectivity index (χ1n) is 49.7. The number of aryl methyl sites for hydroxylation is 1. The van der Waals surface area contributed by atoms with E-state index in [4.69, 9.17) is 33.4 Å². The number of carbonyl (C=O) groups excluding carboxylic acids is 17. The van der Waals surface area contributed by atoms with E-state index in [9.17, 15) is 77.6 Å². The fourth-order valence-electron chi connectivity index (χ4n) is 17.0. The molecule has 0 radical (unpaired) electrons. The average Bonchev–Trinajstić information content (AvgIpc) is 0.809. The van der Waals surface area contributed by atoms with Crippen LogP contribution < -0.4 is 108 Å². The summed E-state index contributed by atoms with van der Waals surface area (Å²) in [5.74, 6) is -22.4. The Bertz CT molecular complexity index is 5390. The summed E-state index contributed by atoms with van der Waals surface area (Å²) in [4.78, 5) is 289. The molecule has 27 N–H and O–H groups in total. The molecule has 5 aromatic carbocycles. The predicted molar refractivity (Wildman–Crippen MR) is 548 cm³/mol. The molecule has 0 bridgehead atoms. The number of hydrogen-bond acceptors (Lipinski definition) is 26. The molecule has 7 rings (SSSR count). The van der Waals surface area contributed by atoms with Crippen molar-refractivity contribution in [3.8, 4) is 16.9 Å². The number of carbonyl (C=O) groups is 20. The van der Waals surface area contributed by atoms with Crippen LogP contribution in [-0.2, 0) is 117 Å². The number of aromatic carboxylic acids is 1. The maximum absolute atomic E-state index is 15.8. The molecule has 1 aliphatic heterocycles. The van der Waals surface area contributed by atoms with Crippen LogP contribution in [0.25, 0.3) is 11.1 Å². The summed E-state index contributed by atoms with van der Waals surface area (Å²) in [7, 11) is 1.20. The van der Waals surface area contributed by atoms with Crippen molar-refractivity contribution in [1.29, 1.82) is 0 Å². The Hall–Kier alpha value is -14.3. The molecule has 0 spiro atoms. The summed E-state index contributed by atoms with van der Waals surface area (Å²) in [5, 5.41) is 67.8. The van der Waals surface area contributed by atoms with Crippen LogP contribution in [-0.4, -0.2) is 280 Å². The van der Waals surface area contributed by atoms with Crippen molar-refractivity contribution in [2.45, 2.75) is 267 Å². The van der Waals surface area contributed by atoms with Gasteiger partial charge in [0.2, 0.25) is 94.5 Å². The van der Waals surface area contributed by atoms with Crippen LogP contribution >= 0.6 is 11.8 Å². The summed E-state index contributed by atoms with van der Waals surface area (Å²) >= 11 is 0.740. The lowest BCUT2D eigenvalue weighted by Gasteiger charge is -2.33. The highest BCUT2D eigenvalue weighted by Crippen LogP contribution is 2.29. The normalized spacial score (nSPS) is 23.4. The summed E-state index contributed by atoms with van der Waals surface area (Å²) in [6.07, 6.45) is -0.626. The largest absolute Gasteiger partial charge is 0.482 e. The maximum atomic E-state index is 15.8. The molecule has 15 atom stereocenters. The number of rotatable bonds is 36. The van der Waals surface area contributed by atoms with Crippen molar-refractivity contribution < 1.29 is 116 Å². The quantitative estimate of drug-likeness (QED) is 0.0228. The van der Waals surface area contributed by atoms with Gasteiger partial charge in [0.1, 0.15) is 96.1 Å². The van der Waals surface area contributed by atoms with Gasteiger partial charge in [0.05, 0.1) is 23.8 Å². The number of thioether (sulfide) groups is 1. The monoisotopic (exact) mass is 2080 g/mol. The minimum atomic E-state index is -2.60. The Morgan fingerprint density at radius 2 is 1.04 bits per heavy atom. The summed E-state index contributed by atoms with van der Waals surface area (Å²) < 4.78 is 5.34. The van der Waals surface area contributed by atoms with Crippen LogP contribution in [0.4, 0.5) is 0 Å². The summed E-state index contributed by atoms with van der Waals surface area (Å²) in [6, 6.07) is 11.1. The number of nitrogens with one attached hydrogen (secondary N) is 14. The molecule has 148 heavy (non-hydrogen) atoms. The van der Waals surface area contributed by atoms with E-state index in [2.05, 4.69) is 74.4 Å². The van der Waals surface area contributed by atoms with Crippen LogP contribution in [0.15, 0.2) is 127 Å². The molecule has 0 unspecified atom stereocenters. The van der Waals surface area contributed by atoms with Gasteiger partial charge in [0.25, 0.3) is 0 Å². The van der Waals surface area contributed by atoms with Gasteiger partial charge < -0.3 is 133 Å². The third-order valence-electron chi connectivity index (χ3n) is 25.4. The van der Waals surface area contributed by atoms with Crippen molar-refractivity contribution in [3.63, 3.8) is 0 Å². The Labute approximate surface area is 863 Å². The first-order chi connectivity index (χ1) is 70.4. The van der Waals surface area contributed by atoms with Crippen LogP contribution in [0, 0.1) is 24.7 Å². The number of ether oxygens (including phenoxy) is 1. The number of amides is 16. The molecule has 1 aliphatic carbocycles. The van der Waals surface area contributed by atoms with Gasteiger partial charge in [-0.2, -0.15) is 0 Å². The van der Waals surface area contributed by atoms with E-state index in [0.717, 1.165) is 47.1 Å². The maximum Gasteiger partial charge on any atom is 0.341 e. The minimum Gasteiger partial charge on any atom is -0.482 e. The second kappa shape index (κ2) is 60.7. The Kier molecular flexibility index (Phi) is 49.5. The molecular weight excluding hydrogens is 1930 g/mol. The third kappa shape index (κ3) is 39.8. The summed E-state index contributed by atoms with van der Waals surface area (Å²) in [5.41, 5.74) is 30.1. The van der Waals surface area contributed by atoms with E-state index in [0.29, 0.717) is 29.5 Å². The molecule has 5 aromatic rings. The van der Waals surface area contributed by atoms with E-state index in [-0.39, 0.29) is 124 Å². The highest BCUT2D eigenvalue weighted by Gasteiger charge is 2.43. The second-order valence-corrected chi connectivity index (χ2v) is 39.2. The zero-order valence-corrected chi connectivity index (χ0v) is 85.6. The summed E-state index contributed by atoms with van der Waals surface area (Å²) in [6.45, 7) is 9.28. The van der Waals surface area contributed by atoms with Crippen molar-refractivity contribution in [1.82, 2.24) is 79.3 Å². The van der Waals surface area contributed by atoms with E-state index in [1.807, 2.05) is 30.3 Å². The van der Waals surface area contributed by atoms with Crippen LogP contribution in [0.1, 0.15) is 182 Å². The lowest BCUT2D eigenvalue weighted by molar-refractivity contribution is -0.143. The molecule has 2 fully saturated rings. The number of carboxylic acids is 3. The zero-order chi connectivity index (χ0) is 109. The minimum absolute atomic E-state index is 0.0276. The smallest absolute Gasteiger partial charge is 0.341 e. The third-order valence-corrected chi connectivity index (χ3v) is 26.4. The number of aldehydes is 1. The lowest BCUT2D eigenvalue weighted by Crippen LogP contribution is -2.64. The molecule has 16 amide bonds. The topological polar surface area (TPSA) is 713 Å².